The normalized spacial score (nSPS) is 12.8. The lowest BCUT2D eigenvalue weighted by molar-refractivity contribution is -0.156. The second-order valence-corrected chi connectivity index (χ2v) is 5.34. The summed E-state index contributed by atoms with van der Waals surface area (Å²) in [7, 11) is 0. The average Bonchev–Trinajstić information content (AvgIpc) is 2.39. The van der Waals surface area contributed by atoms with E-state index in [0.717, 1.165) is 0 Å². The minimum absolute atomic E-state index is 0.0606. The van der Waals surface area contributed by atoms with Crippen LogP contribution in [0.2, 0.25) is 0 Å². The first-order valence-electron chi connectivity index (χ1n) is 6.65. The number of ether oxygens (including phenoxy) is 1. The Morgan fingerprint density at radius 2 is 1.79 bits per heavy atom. The molecule has 0 saturated carbocycles. The van der Waals surface area contributed by atoms with Gasteiger partial charge >= 0.3 is 5.97 Å². The van der Waals surface area contributed by atoms with E-state index in [9.17, 15) is 9.59 Å². The summed E-state index contributed by atoms with van der Waals surface area (Å²) < 4.78 is 5.06. The first kappa shape index (κ1) is 15.4. The molecular weight excluding hydrogens is 240 g/mol. The topological polar surface area (TPSA) is 43.4 Å². The van der Waals surface area contributed by atoms with Crippen molar-refractivity contribution in [1.29, 1.82) is 0 Å². The summed E-state index contributed by atoms with van der Waals surface area (Å²) in [6.45, 7) is 7.72. The van der Waals surface area contributed by atoms with Gasteiger partial charge in [0.1, 0.15) is 0 Å². The molecule has 0 radical (unpaired) electrons. The van der Waals surface area contributed by atoms with Crippen molar-refractivity contribution >= 4 is 11.8 Å². The van der Waals surface area contributed by atoms with E-state index in [-0.39, 0.29) is 17.7 Å². The first-order valence-corrected chi connectivity index (χ1v) is 6.65. The van der Waals surface area contributed by atoms with Crippen LogP contribution in [0.15, 0.2) is 30.3 Å². The number of carbonyl (C=O) groups excluding carboxylic acids is 2. The molecule has 0 aliphatic heterocycles. The van der Waals surface area contributed by atoms with Gasteiger partial charge in [0.2, 0.25) is 0 Å². The van der Waals surface area contributed by atoms with E-state index >= 15 is 0 Å². The predicted molar refractivity (Wildman–Crippen MR) is 75.0 cm³/mol. The Balaban J connectivity index is 2.71. The van der Waals surface area contributed by atoms with E-state index in [0.29, 0.717) is 18.6 Å². The lowest BCUT2D eigenvalue weighted by Gasteiger charge is -2.28. The van der Waals surface area contributed by atoms with E-state index in [1.165, 1.54) is 0 Å². The number of ketones is 1. The van der Waals surface area contributed by atoms with Crippen molar-refractivity contribution < 1.29 is 14.3 Å². The maximum absolute atomic E-state index is 12.1. The van der Waals surface area contributed by atoms with Gasteiger partial charge in [-0.3, -0.25) is 9.59 Å². The van der Waals surface area contributed by atoms with Gasteiger partial charge in [0.25, 0.3) is 0 Å². The van der Waals surface area contributed by atoms with Crippen molar-refractivity contribution in [3.05, 3.63) is 35.9 Å². The molecule has 0 aromatic heterocycles. The zero-order chi connectivity index (χ0) is 14.5. The maximum Gasteiger partial charge on any atom is 0.311 e. The van der Waals surface area contributed by atoms with Gasteiger partial charge in [-0.05, 0) is 26.7 Å². The molecule has 0 fully saturated rings. The zero-order valence-corrected chi connectivity index (χ0v) is 12.1. The Bertz CT molecular complexity index is 435. The number of rotatable bonds is 6. The molecule has 104 valence electrons. The Hall–Kier alpha value is -1.64. The highest BCUT2D eigenvalue weighted by atomic mass is 16.5. The average molecular weight is 262 g/mol. The summed E-state index contributed by atoms with van der Waals surface area (Å²) in [6, 6.07) is 9.16. The van der Waals surface area contributed by atoms with E-state index in [1.807, 2.05) is 39.0 Å². The molecule has 0 aliphatic carbocycles. The van der Waals surface area contributed by atoms with Crippen LogP contribution in [0.4, 0.5) is 0 Å². The van der Waals surface area contributed by atoms with Crippen LogP contribution in [-0.4, -0.2) is 18.4 Å². The largest absolute Gasteiger partial charge is 0.466 e. The van der Waals surface area contributed by atoms with E-state index in [1.54, 1.807) is 19.1 Å². The fraction of sp³-hybridized carbons (Fsp3) is 0.500. The van der Waals surface area contributed by atoms with E-state index in [4.69, 9.17) is 4.74 Å². The third kappa shape index (κ3) is 3.91. The van der Waals surface area contributed by atoms with Crippen LogP contribution in [0, 0.1) is 11.3 Å². The van der Waals surface area contributed by atoms with Gasteiger partial charge in [0.15, 0.2) is 5.78 Å². The standard InChI is InChI=1S/C16H22O3/c1-5-19-15(18)16(3,4)12(2)11-14(17)13-9-7-6-8-10-13/h6-10,12H,5,11H2,1-4H3. The van der Waals surface area contributed by atoms with Gasteiger partial charge in [0, 0.05) is 12.0 Å². The summed E-state index contributed by atoms with van der Waals surface area (Å²) in [6.07, 6.45) is 0.343. The number of benzene rings is 1. The molecule has 19 heavy (non-hydrogen) atoms. The quantitative estimate of drug-likeness (QED) is 0.582. The fourth-order valence-electron chi connectivity index (χ4n) is 1.79. The van der Waals surface area contributed by atoms with E-state index in [2.05, 4.69) is 0 Å². The fourth-order valence-corrected chi connectivity index (χ4v) is 1.79. The van der Waals surface area contributed by atoms with Crippen LogP contribution in [0.25, 0.3) is 0 Å². The summed E-state index contributed by atoms with van der Waals surface area (Å²) >= 11 is 0. The molecule has 1 aromatic carbocycles. The smallest absolute Gasteiger partial charge is 0.311 e. The highest BCUT2D eigenvalue weighted by Gasteiger charge is 2.36. The molecule has 1 aromatic rings. The van der Waals surface area contributed by atoms with Crippen LogP contribution in [0.1, 0.15) is 44.5 Å². The van der Waals surface area contributed by atoms with Crippen LogP contribution < -0.4 is 0 Å². The van der Waals surface area contributed by atoms with Crippen LogP contribution in [-0.2, 0) is 9.53 Å². The SMILES string of the molecule is CCOC(=O)C(C)(C)C(C)CC(=O)c1ccccc1. The lowest BCUT2D eigenvalue weighted by Crippen LogP contribution is -2.34. The van der Waals surface area contributed by atoms with Gasteiger partial charge in [-0.25, -0.2) is 0 Å². The van der Waals surface area contributed by atoms with Crippen LogP contribution >= 0.6 is 0 Å². The number of Topliss-reactive ketones (excluding diaryl/α,β-unsaturated/α-hetero) is 1. The lowest BCUT2D eigenvalue weighted by atomic mass is 9.77. The van der Waals surface area contributed by atoms with E-state index < -0.39 is 5.41 Å². The molecule has 0 heterocycles. The van der Waals surface area contributed by atoms with Crippen molar-refractivity contribution in [2.24, 2.45) is 11.3 Å². The minimum Gasteiger partial charge on any atom is -0.466 e. The third-order valence-electron chi connectivity index (χ3n) is 3.62. The first-order chi connectivity index (χ1) is 8.89. The number of carbonyl (C=O) groups is 2. The van der Waals surface area contributed by atoms with Crippen molar-refractivity contribution in [1.82, 2.24) is 0 Å². The van der Waals surface area contributed by atoms with Crippen molar-refractivity contribution in [2.75, 3.05) is 6.61 Å². The predicted octanol–water partition coefficient (Wildman–Crippen LogP) is 3.48. The minimum atomic E-state index is -0.652. The summed E-state index contributed by atoms with van der Waals surface area (Å²) in [5, 5.41) is 0. The summed E-state index contributed by atoms with van der Waals surface area (Å²) in [4.78, 5) is 24.0. The highest BCUT2D eigenvalue weighted by Crippen LogP contribution is 2.31. The van der Waals surface area contributed by atoms with Crippen LogP contribution in [0.3, 0.4) is 0 Å². The molecule has 1 rings (SSSR count). The second kappa shape index (κ2) is 6.50. The Morgan fingerprint density at radius 3 is 2.32 bits per heavy atom. The third-order valence-corrected chi connectivity index (χ3v) is 3.62. The maximum atomic E-state index is 12.1. The van der Waals surface area contributed by atoms with Gasteiger partial charge in [-0.15, -0.1) is 0 Å². The van der Waals surface area contributed by atoms with Gasteiger partial charge in [-0.1, -0.05) is 37.3 Å². The molecule has 1 atom stereocenters. The molecule has 3 nitrogen and oxygen atoms in total. The molecule has 0 saturated heterocycles. The Kier molecular flexibility index (Phi) is 5.28. The Morgan fingerprint density at radius 1 is 1.21 bits per heavy atom. The number of hydrogen-bond donors (Lipinski definition) is 0. The number of esters is 1. The van der Waals surface area contributed by atoms with Gasteiger partial charge in [-0.2, -0.15) is 0 Å². The molecule has 0 bridgehead atoms. The molecule has 0 aliphatic rings. The molecule has 0 amide bonds. The summed E-state index contributed by atoms with van der Waals surface area (Å²) in [5.74, 6) is -0.256. The molecule has 0 N–H and O–H groups in total. The Labute approximate surface area is 115 Å². The van der Waals surface area contributed by atoms with Crippen molar-refractivity contribution in [2.45, 2.75) is 34.1 Å². The molecule has 1 unspecified atom stereocenters. The van der Waals surface area contributed by atoms with Crippen molar-refractivity contribution in [3.8, 4) is 0 Å². The molecule has 0 spiro atoms. The molecule has 3 heteroatoms. The molecular formula is C16H22O3. The summed E-state index contributed by atoms with van der Waals surface area (Å²) in [5.41, 5.74) is 0.0366. The van der Waals surface area contributed by atoms with Crippen molar-refractivity contribution in [3.63, 3.8) is 0 Å². The van der Waals surface area contributed by atoms with Crippen LogP contribution in [0.5, 0.6) is 0 Å². The highest BCUT2D eigenvalue weighted by molar-refractivity contribution is 5.96. The van der Waals surface area contributed by atoms with Gasteiger partial charge < -0.3 is 4.74 Å². The monoisotopic (exact) mass is 262 g/mol. The second-order valence-electron chi connectivity index (χ2n) is 5.34. The zero-order valence-electron chi connectivity index (χ0n) is 12.1. The van der Waals surface area contributed by atoms with Gasteiger partial charge in [0.05, 0.1) is 12.0 Å². The number of hydrogen-bond acceptors (Lipinski definition) is 3.